The average Bonchev–Trinajstić information content (AvgIpc) is 2.90. The van der Waals surface area contributed by atoms with E-state index in [4.69, 9.17) is 0 Å². The highest BCUT2D eigenvalue weighted by molar-refractivity contribution is 5.76. The molecule has 0 aromatic carbocycles. The lowest BCUT2D eigenvalue weighted by molar-refractivity contribution is -0.122. The van der Waals surface area contributed by atoms with Crippen molar-refractivity contribution in [1.29, 1.82) is 0 Å². The molecule has 86 valence electrons. The van der Waals surface area contributed by atoms with Gasteiger partial charge in [0.05, 0.1) is 0 Å². The molecule has 3 nitrogen and oxygen atoms in total. The minimum absolute atomic E-state index is 0.266. The molecule has 0 heterocycles. The van der Waals surface area contributed by atoms with Crippen molar-refractivity contribution in [3.8, 4) is 0 Å². The van der Waals surface area contributed by atoms with Gasteiger partial charge in [0.25, 0.3) is 0 Å². The second kappa shape index (κ2) is 4.52. The van der Waals surface area contributed by atoms with E-state index in [0.29, 0.717) is 11.3 Å². The van der Waals surface area contributed by atoms with Gasteiger partial charge >= 0.3 is 0 Å². The van der Waals surface area contributed by atoms with Gasteiger partial charge < -0.3 is 10.6 Å². The van der Waals surface area contributed by atoms with Gasteiger partial charge in [-0.15, -0.1) is 0 Å². The molecule has 0 aromatic heterocycles. The number of carbonyl (C=O) groups is 1. The van der Waals surface area contributed by atoms with Crippen molar-refractivity contribution in [3.05, 3.63) is 0 Å². The predicted molar refractivity (Wildman–Crippen MR) is 60.6 cm³/mol. The zero-order valence-corrected chi connectivity index (χ0v) is 9.64. The summed E-state index contributed by atoms with van der Waals surface area (Å²) in [6, 6.07) is 0. The lowest BCUT2D eigenvalue weighted by Crippen LogP contribution is -2.36. The third kappa shape index (κ3) is 2.94. The summed E-state index contributed by atoms with van der Waals surface area (Å²) in [6.07, 6.45) is 7.12. The number of hydrogen-bond acceptors (Lipinski definition) is 2. The van der Waals surface area contributed by atoms with Crippen LogP contribution >= 0.6 is 0 Å². The Bertz CT molecular complexity index is 232. The molecule has 2 fully saturated rings. The molecule has 15 heavy (non-hydrogen) atoms. The fourth-order valence-corrected chi connectivity index (χ4v) is 2.29. The molecular weight excluding hydrogens is 188 g/mol. The lowest BCUT2D eigenvalue weighted by Gasteiger charge is -2.25. The van der Waals surface area contributed by atoms with E-state index in [1.165, 1.54) is 32.1 Å². The molecule has 0 aliphatic heterocycles. The van der Waals surface area contributed by atoms with Crippen molar-refractivity contribution < 1.29 is 4.79 Å². The Hall–Kier alpha value is -0.570. The van der Waals surface area contributed by atoms with Crippen LogP contribution in [0.3, 0.4) is 0 Å². The molecule has 0 aromatic rings. The first-order valence-corrected chi connectivity index (χ1v) is 6.15. The van der Waals surface area contributed by atoms with Gasteiger partial charge in [-0.3, -0.25) is 4.79 Å². The van der Waals surface area contributed by atoms with Gasteiger partial charge in [0, 0.05) is 24.9 Å². The number of carbonyl (C=O) groups excluding carboxylic acids is 1. The second-order valence-electron chi connectivity index (χ2n) is 5.31. The summed E-state index contributed by atoms with van der Waals surface area (Å²) in [6.45, 7) is 1.91. The smallest absolute Gasteiger partial charge is 0.220 e. The van der Waals surface area contributed by atoms with E-state index in [0.717, 1.165) is 19.5 Å². The van der Waals surface area contributed by atoms with E-state index in [2.05, 4.69) is 10.6 Å². The van der Waals surface area contributed by atoms with Crippen LogP contribution in [0.2, 0.25) is 0 Å². The summed E-state index contributed by atoms with van der Waals surface area (Å²) in [5.74, 6) is 0.950. The highest BCUT2D eigenvalue weighted by Gasteiger charge is 2.41. The first-order chi connectivity index (χ1) is 7.24. The van der Waals surface area contributed by atoms with E-state index in [1.54, 1.807) is 0 Å². The predicted octanol–water partition coefficient (Wildman–Crippen LogP) is 1.29. The molecule has 2 aliphatic rings. The van der Waals surface area contributed by atoms with E-state index >= 15 is 0 Å². The van der Waals surface area contributed by atoms with Gasteiger partial charge in [-0.25, -0.2) is 0 Å². The van der Waals surface area contributed by atoms with Crippen molar-refractivity contribution in [2.75, 3.05) is 20.1 Å². The third-order valence-electron chi connectivity index (χ3n) is 3.87. The van der Waals surface area contributed by atoms with Gasteiger partial charge in [-0.1, -0.05) is 6.42 Å². The maximum absolute atomic E-state index is 11.6. The fraction of sp³-hybridized carbons (Fsp3) is 0.917. The number of nitrogens with one attached hydrogen (secondary N) is 2. The molecule has 0 saturated heterocycles. The largest absolute Gasteiger partial charge is 0.355 e. The van der Waals surface area contributed by atoms with E-state index < -0.39 is 0 Å². The third-order valence-corrected chi connectivity index (χ3v) is 3.87. The quantitative estimate of drug-likeness (QED) is 0.693. The van der Waals surface area contributed by atoms with Crippen molar-refractivity contribution in [3.63, 3.8) is 0 Å². The van der Waals surface area contributed by atoms with E-state index in [9.17, 15) is 4.79 Å². The Balaban J connectivity index is 1.62. The van der Waals surface area contributed by atoms with Crippen LogP contribution < -0.4 is 10.6 Å². The Morgan fingerprint density at radius 3 is 2.53 bits per heavy atom. The maximum atomic E-state index is 11.6. The van der Waals surface area contributed by atoms with Gasteiger partial charge in [-0.2, -0.15) is 0 Å². The molecule has 1 amide bonds. The average molecular weight is 210 g/mol. The Kier molecular flexibility index (Phi) is 3.29. The van der Waals surface area contributed by atoms with Crippen LogP contribution in [0.5, 0.6) is 0 Å². The number of rotatable bonds is 6. The maximum Gasteiger partial charge on any atom is 0.220 e. The highest BCUT2D eigenvalue weighted by atomic mass is 16.1. The highest BCUT2D eigenvalue weighted by Crippen LogP contribution is 2.44. The molecule has 2 N–H and O–H groups in total. The van der Waals surface area contributed by atoms with Crippen molar-refractivity contribution in [2.24, 2.45) is 11.3 Å². The Morgan fingerprint density at radius 2 is 2.07 bits per heavy atom. The lowest BCUT2D eigenvalue weighted by atomic mass is 9.83. The van der Waals surface area contributed by atoms with Gasteiger partial charge in [0.15, 0.2) is 0 Å². The first kappa shape index (κ1) is 10.9. The van der Waals surface area contributed by atoms with Crippen LogP contribution in [0, 0.1) is 11.3 Å². The first-order valence-electron chi connectivity index (χ1n) is 6.15. The molecular formula is C12H22N2O. The topological polar surface area (TPSA) is 41.1 Å². The summed E-state index contributed by atoms with van der Waals surface area (Å²) in [4.78, 5) is 11.6. The zero-order valence-electron chi connectivity index (χ0n) is 9.64. The van der Waals surface area contributed by atoms with Gasteiger partial charge in [0.1, 0.15) is 0 Å². The standard InChI is InChI=1S/C12H22N2O/c1-13-8-12(5-6-12)9-14-11(15)7-10-3-2-4-10/h10,13H,2-9H2,1H3,(H,14,15). The Morgan fingerprint density at radius 1 is 1.33 bits per heavy atom. The molecule has 0 radical (unpaired) electrons. The van der Waals surface area contributed by atoms with Crippen molar-refractivity contribution in [2.45, 2.75) is 38.5 Å². The fourth-order valence-electron chi connectivity index (χ4n) is 2.29. The molecule has 0 atom stereocenters. The van der Waals surface area contributed by atoms with Crippen LogP contribution in [0.25, 0.3) is 0 Å². The molecule has 2 saturated carbocycles. The molecule has 2 aliphatic carbocycles. The van der Waals surface area contributed by atoms with Gasteiger partial charge in [0.2, 0.25) is 5.91 Å². The number of amides is 1. The van der Waals surface area contributed by atoms with Crippen LogP contribution in [-0.4, -0.2) is 26.0 Å². The van der Waals surface area contributed by atoms with Crippen molar-refractivity contribution >= 4 is 5.91 Å². The van der Waals surface area contributed by atoms with Gasteiger partial charge in [-0.05, 0) is 38.6 Å². The van der Waals surface area contributed by atoms with E-state index in [1.807, 2.05) is 7.05 Å². The minimum Gasteiger partial charge on any atom is -0.355 e. The summed E-state index contributed by atoms with van der Waals surface area (Å²) >= 11 is 0. The minimum atomic E-state index is 0.266. The summed E-state index contributed by atoms with van der Waals surface area (Å²) < 4.78 is 0. The second-order valence-corrected chi connectivity index (χ2v) is 5.31. The monoisotopic (exact) mass is 210 g/mol. The summed E-state index contributed by atoms with van der Waals surface area (Å²) in [5, 5.41) is 6.30. The summed E-state index contributed by atoms with van der Waals surface area (Å²) in [7, 11) is 1.98. The normalized spacial score (nSPS) is 23.3. The van der Waals surface area contributed by atoms with Crippen molar-refractivity contribution in [1.82, 2.24) is 10.6 Å². The molecule has 0 bridgehead atoms. The molecule has 0 spiro atoms. The van der Waals surface area contributed by atoms with Crippen LogP contribution in [0.1, 0.15) is 38.5 Å². The molecule has 0 unspecified atom stereocenters. The SMILES string of the molecule is CNCC1(CNC(=O)CC2CCC2)CC1. The van der Waals surface area contributed by atoms with Crippen LogP contribution in [0.4, 0.5) is 0 Å². The zero-order chi connectivity index (χ0) is 10.7. The number of hydrogen-bond donors (Lipinski definition) is 2. The molecule has 2 rings (SSSR count). The van der Waals surface area contributed by atoms with E-state index in [-0.39, 0.29) is 5.91 Å². The summed E-state index contributed by atoms with van der Waals surface area (Å²) in [5.41, 5.74) is 0.393. The van der Waals surface area contributed by atoms with Crippen LogP contribution in [-0.2, 0) is 4.79 Å². The van der Waals surface area contributed by atoms with Crippen LogP contribution in [0.15, 0.2) is 0 Å². The molecule has 3 heteroatoms. The Labute approximate surface area is 92.0 Å².